The Balaban J connectivity index is 0.000000163. The Morgan fingerprint density at radius 3 is 1.28 bits per heavy atom. The van der Waals surface area contributed by atoms with Crippen LogP contribution in [0.5, 0.6) is 57.5 Å². The maximum Gasteiger partial charge on any atom is 0.337 e. The molecule has 10 aromatic carbocycles. The van der Waals surface area contributed by atoms with Crippen LogP contribution in [0.2, 0.25) is 0 Å². The summed E-state index contributed by atoms with van der Waals surface area (Å²) in [5, 5.41) is 36.6. The number of ketones is 1. The van der Waals surface area contributed by atoms with Gasteiger partial charge >= 0.3 is 11.7 Å². The maximum atomic E-state index is 15.5. The number of carbonyl (C=O) groups excluding carboxylic acids is 3. The van der Waals surface area contributed by atoms with Gasteiger partial charge < -0.3 is 89.1 Å². The van der Waals surface area contributed by atoms with E-state index in [1.165, 1.54) is 107 Å². The third-order valence-electron chi connectivity index (χ3n) is 24.1. The van der Waals surface area contributed by atoms with Crippen molar-refractivity contribution in [3.8, 4) is 63.2 Å². The highest BCUT2D eigenvalue weighted by atomic mass is 127. The number of aromatic carboxylic acids is 1. The number of hydrogen-bond acceptors (Lipinski definition) is 24. The lowest BCUT2D eigenvalue weighted by molar-refractivity contribution is -0.150. The van der Waals surface area contributed by atoms with Crippen LogP contribution in [0, 0.1) is 62.8 Å². The molecule has 17 rings (SSSR count). The molecule has 0 unspecified atom stereocenters. The summed E-state index contributed by atoms with van der Waals surface area (Å²) in [4.78, 5) is 116. The molecule has 0 saturated carbocycles. The Hall–Kier alpha value is -14.0. The number of halogens is 6. The van der Waals surface area contributed by atoms with Gasteiger partial charge in [-0.1, -0.05) is 78.9 Å². The first-order chi connectivity index (χ1) is 68.5. The zero-order valence-electron chi connectivity index (χ0n) is 80.5. The lowest BCUT2D eigenvalue weighted by atomic mass is 10.0. The number of primary amides is 1. The molecule has 0 spiro atoms. The number of anilines is 4. The topological polar surface area (TPSA) is 403 Å². The Labute approximate surface area is 864 Å². The molecule has 4 aromatic heterocycles. The summed E-state index contributed by atoms with van der Waals surface area (Å²) in [5.41, 5.74) is 9.75. The minimum Gasteiger partial charge on any atom is -0.508 e. The summed E-state index contributed by atoms with van der Waals surface area (Å²) in [7, 11) is 7.43. The lowest BCUT2D eigenvalue weighted by Crippen LogP contribution is -2.42. The molecule has 3 fully saturated rings. The molecule has 0 atom stereocenters. The Morgan fingerprint density at radius 1 is 0.451 bits per heavy atom. The molecule has 8 N–H and O–H groups in total. The molecular formula is C106H101F3I3N9O23. The van der Waals surface area contributed by atoms with Crippen LogP contribution in [0.25, 0.3) is 16.7 Å². The smallest absolute Gasteiger partial charge is 0.337 e. The van der Waals surface area contributed by atoms with Crippen molar-refractivity contribution >= 4 is 125 Å². The molecule has 14 aromatic rings. The standard InChI is InChI=1S/C33H29FIN3O7.C32H31FIN3O6.C21H17FIN3O5.C11H14O3.C9H10O2/c1-19-23(33(2)43-14-15-44-33)6-5-7-26(19)45-27-17-28(39)36(3)30-29(27)31(40)37(18-20-8-11-22(42-4)12-9-20)32(41)38(30)25-13-10-21(35)16-24(25)34;1-19-23(32(2)41-14-15-42-32)6-5-7-26(19)43-27-17-28(38)37(3)30(36-25-13-10-21(34)16-24(25)33)29(27)31(39)35-18-20-8-11-22(40-4)12-9-20;1-10-12(21(29)30)4-3-5-15(10)31-16-9-17(27)26(2)20(18(16)19(24)28)25-14-7-6-11(23)8-13(14)22;1-8-9(4-3-5-10(8)12)11(2)13-6-7-14-11;1-6-8(7(2)10)4-3-5-9(6)11/h5-13,16-17H,14-15,18H2,1-4H3;5-13,16-17,36H,14-15,18H2,1-4H3,(H,35,39);3-9,25H,1-2H3,(H2,24,28)(H,29,30);3-5,12H,6-7H2,1-2H3;3-5,11H,1-2H3. The van der Waals surface area contributed by atoms with Gasteiger partial charge in [0.15, 0.2) is 23.1 Å². The number of rotatable bonds is 24. The summed E-state index contributed by atoms with van der Waals surface area (Å²) in [6, 6.07) is 56.4. The predicted octanol–water partition coefficient (Wildman–Crippen LogP) is 18.7. The number of carbonyl (C=O) groups is 4. The van der Waals surface area contributed by atoms with Gasteiger partial charge in [0, 0.05) is 101 Å². The summed E-state index contributed by atoms with van der Waals surface area (Å²) >= 11 is 5.93. The van der Waals surface area contributed by atoms with Crippen molar-refractivity contribution in [2.75, 3.05) is 64.5 Å². The number of phenolic OH excluding ortho intramolecular Hbond substituents is 2. The molecule has 0 bridgehead atoms. The second-order valence-electron chi connectivity index (χ2n) is 33.5. The number of ether oxygens (including phenoxy) is 11. The van der Waals surface area contributed by atoms with E-state index >= 15 is 4.39 Å². The van der Waals surface area contributed by atoms with Gasteiger partial charge in [-0.3, -0.25) is 51.8 Å². The van der Waals surface area contributed by atoms with Gasteiger partial charge in [-0.25, -0.2) is 27.3 Å². The fourth-order valence-electron chi connectivity index (χ4n) is 16.2. The van der Waals surface area contributed by atoms with Crippen molar-refractivity contribution in [3.63, 3.8) is 0 Å². The molecule has 0 aliphatic carbocycles. The van der Waals surface area contributed by atoms with Crippen LogP contribution in [0.15, 0.2) is 236 Å². The van der Waals surface area contributed by atoms with E-state index < -0.39 is 80.5 Å². The zero-order chi connectivity index (χ0) is 104. The molecule has 3 aliphatic rings. The van der Waals surface area contributed by atoms with E-state index in [1.54, 1.807) is 129 Å². The number of nitrogens with zero attached hydrogens (tertiary/aromatic N) is 5. The second-order valence-corrected chi connectivity index (χ2v) is 37.2. The van der Waals surface area contributed by atoms with E-state index in [-0.39, 0.29) is 110 Å². The molecule has 3 saturated heterocycles. The number of fused-ring (bicyclic) bond motifs is 1. The molecule has 32 nitrogen and oxygen atoms in total. The van der Waals surface area contributed by atoms with Crippen molar-refractivity contribution in [3.05, 3.63) is 370 Å². The number of carboxylic acids is 1. The average Bonchev–Trinajstić information content (AvgIpc) is 1.23. The fourth-order valence-corrected chi connectivity index (χ4v) is 17.5. The van der Waals surface area contributed by atoms with Gasteiger partial charge in [0.2, 0.25) is 0 Å². The lowest BCUT2D eigenvalue weighted by Gasteiger charge is -2.26. The second kappa shape index (κ2) is 46.2. The Kier molecular flexibility index (Phi) is 34.4. The number of aromatic nitrogens is 5. The van der Waals surface area contributed by atoms with Gasteiger partial charge in [-0.15, -0.1) is 0 Å². The van der Waals surface area contributed by atoms with Crippen molar-refractivity contribution in [2.24, 2.45) is 26.9 Å². The Bertz CT molecular complexity index is 7600. The largest absolute Gasteiger partial charge is 0.508 e. The average molecular weight is 2310 g/mol. The first kappa shape index (κ1) is 107. The van der Waals surface area contributed by atoms with Crippen LogP contribution in [0.4, 0.5) is 36.2 Å². The highest BCUT2D eigenvalue weighted by Crippen LogP contribution is 2.44. The number of carboxylic acid groups (broad SMARTS) is 1. The van der Waals surface area contributed by atoms with Crippen molar-refractivity contribution in [1.82, 2.24) is 28.2 Å². The quantitative estimate of drug-likeness (QED) is 0.0218. The number of aromatic hydroxyl groups is 2. The highest BCUT2D eigenvalue weighted by molar-refractivity contribution is 14.1. The minimum atomic E-state index is -1.15. The van der Waals surface area contributed by atoms with Crippen LogP contribution < -0.4 is 73.3 Å². The van der Waals surface area contributed by atoms with Crippen molar-refractivity contribution in [1.29, 1.82) is 0 Å². The highest BCUT2D eigenvalue weighted by Gasteiger charge is 2.39. The predicted molar refractivity (Wildman–Crippen MR) is 559 cm³/mol. The summed E-state index contributed by atoms with van der Waals surface area (Å²) in [5.74, 6) is -4.73. The summed E-state index contributed by atoms with van der Waals surface area (Å²) in [6.07, 6.45) is 0. The van der Waals surface area contributed by atoms with Crippen molar-refractivity contribution < 1.29 is 99.8 Å². The molecule has 38 heteroatoms. The number of nitrogens with two attached hydrogens (primary N) is 1. The van der Waals surface area contributed by atoms with Gasteiger partial charge in [-0.05, 0) is 262 Å². The number of Topliss-reactive ketones (excluding diaryl/α,β-unsaturated/α-hetero) is 1. The van der Waals surface area contributed by atoms with E-state index in [9.17, 15) is 67.3 Å². The molecule has 144 heavy (non-hydrogen) atoms. The fraction of sp³-hybridized carbons (Fsp3) is 0.236. The van der Waals surface area contributed by atoms with E-state index in [2.05, 4.69) is 16.0 Å². The third-order valence-corrected chi connectivity index (χ3v) is 26.1. The zero-order valence-corrected chi connectivity index (χ0v) is 86.9. The number of phenols is 2. The number of nitrogens with one attached hydrogen (secondary N) is 3. The molecule has 2 amide bonds. The minimum absolute atomic E-state index is 0.00117. The molecule has 3 aliphatic heterocycles. The van der Waals surface area contributed by atoms with E-state index in [0.717, 1.165) is 57.7 Å². The van der Waals surface area contributed by atoms with Gasteiger partial charge in [-0.2, -0.15) is 0 Å². The molecular weight excluding hydrogens is 2200 g/mol. The van der Waals surface area contributed by atoms with Gasteiger partial charge in [0.05, 0.1) is 83.0 Å². The van der Waals surface area contributed by atoms with Crippen LogP contribution in [0.1, 0.15) is 125 Å². The van der Waals surface area contributed by atoms with Gasteiger partial charge in [0.25, 0.3) is 34.1 Å². The molecule has 0 radical (unpaired) electrons. The number of amides is 2. The van der Waals surface area contributed by atoms with Crippen LogP contribution in [0.3, 0.4) is 0 Å². The molecule has 7 heterocycles. The normalized spacial score (nSPS) is 13.5. The van der Waals surface area contributed by atoms with Gasteiger partial charge in [0.1, 0.15) is 109 Å². The Morgan fingerprint density at radius 2 is 0.840 bits per heavy atom. The van der Waals surface area contributed by atoms with Crippen molar-refractivity contribution in [2.45, 2.75) is 92.8 Å². The molecule has 750 valence electrons. The first-order valence-electron chi connectivity index (χ1n) is 44.6. The summed E-state index contributed by atoms with van der Waals surface area (Å²) < 4.78 is 116. The van der Waals surface area contributed by atoms with E-state index in [1.807, 2.05) is 140 Å². The van der Waals surface area contributed by atoms with Crippen LogP contribution in [-0.2, 0) is 80.0 Å². The first-order valence-corrected chi connectivity index (χ1v) is 47.8. The van der Waals surface area contributed by atoms with Crippen LogP contribution in [-0.4, -0.2) is 116 Å². The number of aryl methyl sites for hydroxylation is 1. The summed E-state index contributed by atoms with van der Waals surface area (Å²) in [6.45, 7) is 18.8. The van der Waals surface area contributed by atoms with E-state index in [0.29, 0.717) is 101 Å². The number of methoxy groups -OCH3 is 2. The number of pyridine rings is 3. The number of benzene rings is 10. The van der Waals surface area contributed by atoms with Crippen LogP contribution >= 0.6 is 67.8 Å². The van der Waals surface area contributed by atoms with E-state index in [4.69, 9.17) is 57.8 Å². The third kappa shape index (κ3) is 24.1. The maximum absolute atomic E-state index is 15.5. The monoisotopic (exact) mass is 2310 g/mol. The number of hydrogen-bond donors (Lipinski definition) is 7. The SMILES string of the molecule is CC(=O)c1cccc(O)c1C.COc1ccc(CNC(=O)c2c(Oc3cccc(C4(C)OCCO4)c3C)cc(=O)n(C)c2Nc2ccc(I)cc2F)cc1.COc1ccc(Cn2c(=O)c3c(Oc4cccc(C5(C)OCCO5)c4C)cc(=O)n(C)c3n(-c3ccc(I)cc3F)c2=O)cc1.Cc1c(O)cccc1C1(C)OCCO1.Cc1c(Oc2cc(=O)n(C)c(Nc3ccc(I)cc3F)c2C(N)=O)cccc1C(=O)O.